The molecule has 1 aromatic rings. The molecule has 60 valence electrons. The van der Waals surface area contributed by atoms with Crippen LogP contribution in [-0.4, -0.2) is 0 Å². The minimum atomic E-state index is -0.437. The van der Waals surface area contributed by atoms with Crippen molar-refractivity contribution in [2.45, 2.75) is 5.33 Å². The maximum atomic E-state index is 12.9. The highest BCUT2D eigenvalue weighted by Gasteiger charge is 2.06. The van der Waals surface area contributed by atoms with Crippen LogP contribution in [0.2, 0.25) is 0 Å². The third-order valence-corrected chi connectivity index (χ3v) is 2.39. The predicted molar refractivity (Wildman–Crippen MR) is 46.7 cm³/mol. The van der Waals surface area contributed by atoms with Crippen LogP contribution in [0.5, 0.6) is 0 Å². The third-order valence-electron chi connectivity index (χ3n) is 1.21. The Hall–Kier alpha value is 0.0400. The molecule has 1 aromatic carbocycles. The summed E-state index contributed by atoms with van der Waals surface area (Å²) in [7, 11) is 0. The maximum Gasteiger partial charge on any atom is 0.141 e. The summed E-state index contributed by atoms with van der Waals surface area (Å²) in [6, 6.07) is 2.26. The van der Waals surface area contributed by atoms with Gasteiger partial charge in [0.15, 0.2) is 0 Å². The van der Waals surface area contributed by atoms with Gasteiger partial charge in [0, 0.05) is 10.9 Å². The third kappa shape index (κ3) is 1.99. The first kappa shape index (κ1) is 9.13. The Balaban J connectivity index is 3.24. The van der Waals surface area contributed by atoms with Gasteiger partial charge < -0.3 is 0 Å². The average molecular weight is 286 g/mol. The zero-order valence-electron chi connectivity index (χ0n) is 5.37. The van der Waals surface area contributed by atoms with E-state index < -0.39 is 11.6 Å². The van der Waals surface area contributed by atoms with Gasteiger partial charge in [-0.05, 0) is 28.1 Å². The van der Waals surface area contributed by atoms with E-state index in [-0.39, 0.29) is 4.47 Å². The quantitative estimate of drug-likeness (QED) is 0.546. The van der Waals surface area contributed by atoms with Crippen molar-refractivity contribution in [3.63, 3.8) is 0 Å². The molecule has 0 fully saturated rings. The molecule has 0 aromatic heterocycles. The van der Waals surface area contributed by atoms with Crippen molar-refractivity contribution in [2.24, 2.45) is 0 Å². The molecule has 0 nitrogen and oxygen atoms in total. The second-order valence-corrected chi connectivity index (χ2v) is 3.41. The Morgan fingerprint density at radius 2 is 1.91 bits per heavy atom. The fraction of sp³-hybridized carbons (Fsp3) is 0.143. The first-order valence-corrected chi connectivity index (χ1v) is 4.76. The first-order valence-electron chi connectivity index (χ1n) is 2.84. The SMILES string of the molecule is Fc1cc(Br)c(F)c(CBr)c1. The normalized spacial score (nSPS) is 10.2. The molecule has 0 bridgehead atoms. The molecular weight excluding hydrogens is 282 g/mol. The van der Waals surface area contributed by atoms with E-state index in [1.807, 2.05) is 0 Å². The summed E-state index contributed by atoms with van der Waals surface area (Å²) in [6.07, 6.45) is 0. The van der Waals surface area contributed by atoms with Gasteiger partial charge in [0.05, 0.1) is 4.47 Å². The summed E-state index contributed by atoms with van der Waals surface area (Å²) < 4.78 is 25.7. The minimum absolute atomic E-state index is 0.159. The monoisotopic (exact) mass is 284 g/mol. The molecule has 0 saturated heterocycles. The van der Waals surface area contributed by atoms with Crippen molar-refractivity contribution in [3.05, 3.63) is 33.8 Å². The molecule has 1 rings (SSSR count). The maximum absolute atomic E-state index is 12.9. The van der Waals surface area contributed by atoms with E-state index in [1.54, 1.807) is 0 Å². The average Bonchev–Trinajstić information content (AvgIpc) is 1.96. The van der Waals surface area contributed by atoms with Crippen LogP contribution in [0.1, 0.15) is 5.56 Å². The number of halogens is 4. The lowest BCUT2D eigenvalue weighted by Gasteiger charge is -2.00. The molecule has 0 N–H and O–H groups in total. The Labute approximate surface area is 79.9 Å². The number of hydrogen-bond acceptors (Lipinski definition) is 0. The molecule has 0 aliphatic heterocycles. The molecular formula is C7H4Br2F2. The van der Waals surface area contributed by atoms with Crippen molar-refractivity contribution in [1.82, 2.24) is 0 Å². The summed E-state index contributed by atoms with van der Waals surface area (Å²) in [5, 5.41) is 0.315. The Morgan fingerprint density at radius 3 is 2.45 bits per heavy atom. The molecule has 11 heavy (non-hydrogen) atoms. The molecule has 0 heterocycles. The number of benzene rings is 1. The molecule has 0 aliphatic carbocycles. The van der Waals surface area contributed by atoms with Gasteiger partial charge in [0.2, 0.25) is 0 Å². The van der Waals surface area contributed by atoms with Gasteiger partial charge in [0.25, 0.3) is 0 Å². The van der Waals surface area contributed by atoms with Crippen LogP contribution in [0.4, 0.5) is 8.78 Å². The summed E-state index contributed by atoms with van der Waals surface area (Å²) in [5.41, 5.74) is 0.317. The topological polar surface area (TPSA) is 0 Å². The summed E-state index contributed by atoms with van der Waals surface area (Å²) >= 11 is 5.95. The zero-order valence-corrected chi connectivity index (χ0v) is 8.55. The lowest BCUT2D eigenvalue weighted by molar-refractivity contribution is 0.585. The van der Waals surface area contributed by atoms with Crippen LogP contribution in [0.3, 0.4) is 0 Å². The van der Waals surface area contributed by atoms with E-state index >= 15 is 0 Å². The van der Waals surface area contributed by atoms with Crippen molar-refractivity contribution >= 4 is 31.9 Å². The van der Waals surface area contributed by atoms with Gasteiger partial charge in [-0.15, -0.1) is 0 Å². The minimum Gasteiger partial charge on any atom is -0.207 e. The number of hydrogen-bond donors (Lipinski definition) is 0. The smallest absolute Gasteiger partial charge is 0.141 e. The fourth-order valence-corrected chi connectivity index (χ4v) is 1.59. The predicted octanol–water partition coefficient (Wildman–Crippen LogP) is 3.62. The molecule has 4 heteroatoms. The largest absolute Gasteiger partial charge is 0.207 e. The van der Waals surface area contributed by atoms with Crippen LogP contribution in [0, 0.1) is 11.6 Å². The number of rotatable bonds is 1. The molecule has 0 aliphatic rings. The van der Waals surface area contributed by atoms with E-state index in [9.17, 15) is 8.78 Å². The van der Waals surface area contributed by atoms with Gasteiger partial charge in [-0.1, -0.05) is 15.9 Å². The number of alkyl halides is 1. The summed E-state index contributed by atoms with van der Waals surface area (Å²) in [6.45, 7) is 0. The lowest BCUT2D eigenvalue weighted by atomic mass is 10.2. The van der Waals surface area contributed by atoms with E-state index in [1.165, 1.54) is 0 Å². The standard InChI is InChI=1S/C7H4Br2F2/c8-3-4-1-5(10)2-6(9)7(4)11/h1-2H,3H2. The van der Waals surface area contributed by atoms with Crippen molar-refractivity contribution in [2.75, 3.05) is 0 Å². The van der Waals surface area contributed by atoms with Gasteiger partial charge in [0.1, 0.15) is 11.6 Å². The van der Waals surface area contributed by atoms with Crippen LogP contribution in [0.15, 0.2) is 16.6 Å². The van der Waals surface area contributed by atoms with Gasteiger partial charge >= 0.3 is 0 Å². The highest BCUT2D eigenvalue weighted by molar-refractivity contribution is 9.10. The fourth-order valence-electron chi connectivity index (χ4n) is 0.707. The molecule has 0 amide bonds. The highest BCUT2D eigenvalue weighted by Crippen LogP contribution is 2.22. The highest BCUT2D eigenvalue weighted by atomic mass is 79.9. The van der Waals surface area contributed by atoms with E-state index in [0.717, 1.165) is 12.1 Å². The van der Waals surface area contributed by atoms with Crippen LogP contribution < -0.4 is 0 Å². The van der Waals surface area contributed by atoms with E-state index in [4.69, 9.17) is 0 Å². The summed E-state index contributed by atoms with van der Waals surface area (Å²) in [5.74, 6) is -0.851. The molecule has 0 spiro atoms. The second kappa shape index (κ2) is 3.63. The molecule has 0 saturated carbocycles. The van der Waals surface area contributed by atoms with E-state index in [0.29, 0.717) is 10.9 Å². The molecule has 0 unspecified atom stereocenters. The van der Waals surface area contributed by atoms with Crippen molar-refractivity contribution < 1.29 is 8.78 Å². The van der Waals surface area contributed by atoms with Crippen LogP contribution in [0.25, 0.3) is 0 Å². The lowest BCUT2D eigenvalue weighted by Crippen LogP contribution is -1.89. The zero-order chi connectivity index (χ0) is 8.43. The Morgan fingerprint density at radius 1 is 1.27 bits per heavy atom. The van der Waals surface area contributed by atoms with Crippen molar-refractivity contribution in [3.8, 4) is 0 Å². The Bertz CT molecular complexity index is 273. The van der Waals surface area contributed by atoms with Crippen LogP contribution in [-0.2, 0) is 5.33 Å². The van der Waals surface area contributed by atoms with Gasteiger partial charge in [-0.2, -0.15) is 0 Å². The molecule has 0 radical (unpaired) electrons. The van der Waals surface area contributed by atoms with Gasteiger partial charge in [-0.3, -0.25) is 0 Å². The van der Waals surface area contributed by atoms with Crippen LogP contribution >= 0.6 is 31.9 Å². The van der Waals surface area contributed by atoms with Gasteiger partial charge in [-0.25, -0.2) is 8.78 Å². The van der Waals surface area contributed by atoms with E-state index in [2.05, 4.69) is 31.9 Å². The summed E-state index contributed by atoms with van der Waals surface area (Å²) in [4.78, 5) is 0. The second-order valence-electron chi connectivity index (χ2n) is 1.99. The van der Waals surface area contributed by atoms with Crippen molar-refractivity contribution in [1.29, 1.82) is 0 Å². The first-order chi connectivity index (χ1) is 5.15. The molecule has 0 atom stereocenters. The Kier molecular flexibility index (Phi) is 3.01.